The van der Waals surface area contributed by atoms with Crippen molar-refractivity contribution < 1.29 is 18.7 Å². The molecule has 0 saturated heterocycles. The molecule has 0 aliphatic carbocycles. The molecule has 0 bridgehead atoms. The first-order valence-corrected chi connectivity index (χ1v) is 4.89. The van der Waals surface area contributed by atoms with Crippen LogP contribution in [-0.4, -0.2) is 11.5 Å². The van der Waals surface area contributed by atoms with Crippen LogP contribution in [0.25, 0.3) is 0 Å². The Labute approximate surface area is 67.1 Å². The maximum Gasteiger partial charge on any atom is 0.316 e. The van der Waals surface area contributed by atoms with Gasteiger partial charge in [-0.2, -0.15) is 0 Å². The first kappa shape index (κ1) is 13.7. The summed E-state index contributed by atoms with van der Waals surface area (Å²) in [5.74, 6) is 0. The fourth-order valence-corrected chi connectivity index (χ4v) is 1.01. The Morgan fingerprint density at radius 3 is 2.45 bits per heavy atom. The van der Waals surface area contributed by atoms with E-state index in [1.807, 2.05) is 0 Å². The zero-order valence-corrected chi connectivity index (χ0v) is 7.71. The van der Waals surface area contributed by atoms with Crippen molar-refractivity contribution in [3.05, 3.63) is 0 Å². The highest BCUT2D eigenvalue weighted by atomic mass is 31.1. The van der Waals surface area contributed by atoms with Gasteiger partial charge in [0.15, 0.2) is 0 Å². The normalized spacial score (nSPS) is 12.2. The lowest BCUT2D eigenvalue weighted by atomic mass is 10.2. The molecule has 0 radical (unpaired) electrons. The van der Waals surface area contributed by atoms with E-state index >= 15 is 0 Å². The number of rotatable bonds is 6. The molecule has 0 rings (SSSR count). The predicted octanol–water partition coefficient (Wildman–Crippen LogP) is 2.12. The Morgan fingerprint density at radius 2 is 2.00 bits per heavy atom. The lowest BCUT2D eigenvalue weighted by Crippen LogP contribution is -1.85. The summed E-state index contributed by atoms with van der Waals surface area (Å²) in [6.07, 6.45) is 4.33. The van der Waals surface area contributed by atoms with E-state index in [-0.39, 0.29) is 4.70 Å². The zero-order chi connectivity index (χ0) is 7.82. The molecule has 0 heterocycles. The van der Waals surface area contributed by atoms with Gasteiger partial charge in [0.2, 0.25) is 0 Å². The largest absolute Gasteiger partial charge is 0.326 e. The van der Waals surface area contributed by atoms with Crippen LogP contribution in [0.3, 0.4) is 0 Å². The van der Waals surface area contributed by atoms with Gasteiger partial charge in [-0.25, -0.2) is 0 Å². The predicted molar refractivity (Wildman–Crippen MR) is 43.8 cm³/mol. The molecule has 0 amide bonds. The Morgan fingerprint density at radius 1 is 1.36 bits per heavy atom. The van der Waals surface area contributed by atoms with Gasteiger partial charge >= 0.3 is 8.25 Å². The smallest absolute Gasteiger partial charge is 0.316 e. The van der Waals surface area contributed by atoms with E-state index in [4.69, 9.17) is 4.89 Å². The molecule has 0 spiro atoms. The van der Waals surface area contributed by atoms with Gasteiger partial charge in [0.05, 0.1) is 6.61 Å². The van der Waals surface area contributed by atoms with Crippen molar-refractivity contribution in [1.29, 1.82) is 0 Å². The standard InChI is InChI=1S/C6H15O3P.FH/c1-2-3-4-5-6-9-10(7)8;/h10H,2-6H2,1H3,(H,7,8);1H. The van der Waals surface area contributed by atoms with Crippen LogP contribution in [0.4, 0.5) is 4.70 Å². The highest BCUT2D eigenvalue weighted by Gasteiger charge is 1.91. The average molecular weight is 186 g/mol. The maximum absolute atomic E-state index is 9.99. The molecule has 1 unspecified atom stereocenters. The van der Waals surface area contributed by atoms with Crippen molar-refractivity contribution in [2.75, 3.05) is 6.61 Å². The minimum Gasteiger partial charge on any atom is -0.326 e. The molecule has 0 aromatic carbocycles. The van der Waals surface area contributed by atoms with Crippen molar-refractivity contribution >= 4 is 8.25 Å². The van der Waals surface area contributed by atoms with Crippen molar-refractivity contribution in [2.45, 2.75) is 32.6 Å². The highest BCUT2D eigenvalue weighted by Crippen LogP contribution is 2.15. The van der Waals surface area contributed by atoms with Crippen LogP contribution in [-0.2, 0) is 9.09 Å². The summed E-state index contributed by atoms with van der Waals surface area (Å²) in [6.45, 7) is 2.55. The molecule has 0 fully saturated rings. The number of halogens is 1. The minimum atomic E-state index is -2.67. The van der Waals surface area contributed by atoms with Gasteiger partial charge in [-0.15, -0.1) is 0 Å². The molecule has 1 N–H and O–H groups in total. The third-order valence-electron chi connectivity index (χ3n) is 1.22. The Kier molecular flexibility index (Phi) is 12.5. The highest BCUT2D eigenvalue weighted by molar-refractivity contribution is 7.32. The van der Waals surface area contributed by atoms with Crippen molar-refractivity contribution in [1.82, 2.24) is 0 Å². The SMILES string of the molecule is CCCCCCO[PH](=O)O.F. The lowest BCUT2D eigenvalue weighted by molar-refractivity contribution is 0.274. The summed E-state index contributed by atoms with van der Waals surface area (Å²) in [4.78, 5) is 8.23. The molecule has 0 aliphatic heterocycles. The molecule has 0 saturated carbocycles. The summed E-state index contributed by atoms with van der Waals surface area (Å²) < 4.78 is 14.5. The van der Waals surface area contributed by atoms with Crippen LogP contribution in [0.5, 0.6) is 0 Å². The van der Waals surface area contributed by atoms with Crippen LogP contribution < -0.4 is 0 Å². The minimum absolute atomic E-state index is 0. The van der Waals surface area contributed by atoms with E-state index in [0.717, 1.165) is 12.8 Å². The first-order valence-electron chi connectivity index (χ1n) is 3.63. The number of unbranched alkanes of at least 4 members (excludes halogenated alkanes) is 3. The summed E-state index contributed by atoms with van der Waals surface area (Å²) in [5, 5.41) is 0. The topological polar surface area (TPSA) is 46.5 Å². The molecule has 3 nitrogen and oxygen atoms in total. The fraction of sp³-hybridized carbons (Fsp3) is 1.00. The Hall–Kier alpha value is 0.0800. The lowest BCUT2D eigenvalue weighted by Gasteiger charge is -1.97. The van der Waals surface area contributed by atoms with Gasteiger partial charge in [0.1, 0.15) is 0 Å². The molecule has 70 valence electrons. The monoisotopic (exact) mass is 186 g/mol. The van der Waals surface area contributed by atoms with E-state index < -0.39 is 8.25 Å². The molecule has 0 aliphatic rings. The van der Waals surface area contributed by atoms with Gasteiger partial charge in [0, 0.05) is 0 Å². The Balaban J connectivity index is 0. The molecule has 11 heavy (non-hydrogen) atoms. The average Bonchev–Trinajstić information content (AvgIpc) is 1.87. The molecular formula is C6H16FO3P. The second-order valence-corrected chi connectivity index (χ2v) is 3.00. The fourth-order valence-electron chi connectivity index (χ4n) is 0.688. The summed E-state index contributed by atoms with van der Waals surface area (Å²) in [5.41, 5.74) is 0. The van der Waals surface area contributed by atoms with E-state index in [1.54, 1.807) is 0 Å². The van der Waals surface area contributed by atoms with Gasteiger partial charge in [0.25, 0.3) is 0 Å². The van der Waals surface area contributed by atoms with Crippen LogP contribution in [0.2, 0.25) is 0 Å². The zero-order valence-electron chi connectivity index (χ0n) is 6.71. The van der Waals surface area contributed by atoms with Crippen molar-refractivity contribution in [2.24, 2.45) is 0 Å². The van der Waals surface area contributed by atoms with Crippen LogP contribution in [0, 0.1) is 0 Å². The second-order valence-electron chi connectivity index (χ2n) is 2.18. The number of hydrogen-bond acceptors (Lipinski definition) is 2. The van der Waals surface area contributed by atoms with Crippen LogP contribution in [0.15, 0.2) is 0 Å². The quantitative estimate of drug-likeness (QED) is 0.510. The van der Waals surface area contributed by atoms with Gasteiger partial charge in [-0.05, 0) is 6.42 Å². The van der Waals surface area contributed by atoms with E-state index in [0.29, 0.717) is 6.61 Å². The van der Waals surface area contributed by atoms with E-state index in [2.05, 4.69) is 11.4 Å². The summed E-state index contributed by atoms with van der Waals surface area (Å²) >= 11 is 0. The first-order chi connectivity index (χ1) is 4.77. The summed E-state index contributed by atoms with van der Waals surface area (Å²) in [7, 11) is -2.67. The summed E-state index contributed by atoms with van der Waals surface area (Å²) in [6, 6.07) is 0. The van der Waals surface area contributed by atoms with Crippen LogP contribution in [0.1, 0.15) is 32.6 Å². The van der Waals surface area contributed by atoms with Gasteiger partial charge in [-0.1, -0.05) is 26.2 Å². The van der Waals surface area contributed by atoms with Crippen molar-refractivity contribution in [3.63, 3.8) is 0 Å². The third-order valence-corrected chi connectivity index (χ3v) is 1.67. The maximum atomic E-state index is 9.99. The third kappa shape index (κ3) is 13.1. The van der Waals surface area contributed by atoms with Crippen LogP contribution >= 0.6 is 8.25 Å². The van der Waals surface area contributed by atoms with E-state index in [9.17, 15) is 4.57 Å². The molecular weight excluding hydrogens is 170 g/mol. The number of hydrogen-bond donors (Lipinski definition) is 1. The van der Waals surface area contributed by atoms with Crippen molar-refractivity contribution in [3.8, 4) is 0 Å². The molecule has 1 atom stereocenters. The van der Waals surface area contributed by atoms with E-state index in [1.165, 1.54) is 12.8 Å². The Bertz CT molecular complexity index is 99.8. The second kappa shape index (κ2) is 10.1. The van der Waals surface area contributed by atoms with Gasteiger partial charge in [-0.3, -0.25) is 9.27 Å². The molecule has 5 heteroatoms. The molecule has 0 aromatic heterocycles. The van der Waals surface area contributed by atoms with Gasteiger partial charge < -0.3 is 9.42 Å². The molecule has 0 aromatic rings.